The van der Waals surface area contributed by atoms with E-state index in [4.69, 9.17) is 37.9 Å². The van der Waals surface area contributed by atoms with Crippen LogP contribution in [0.1, 0.15) is 195 Å². The van der Waals surface area contributed by atoms with Gasteiger partial charge in [-0.15, -0.1) is 0 Å². The van der Waals surface area contributed by atoms with Gasteiger partial charge in [0.25, 0.3) is 11.6 Å². The normalized spacial score (nSPS) is 32.6. The number of carboxylic acid groups (broad SMARTS) is 2. The van der Waals surface area contributed by atoms with Crippen LogP contribution in [0.2, 0.25) is 0 Å². The molecule has 4 saturated heterocycles. The fourth-order valence-electron chi connectivity index (χ4n) is 12.8. The Hall–Kier alpha value is -3.79. The Morgan fingerprint density at radius 2 is 1.02 bits per heavy atom. The standard InChI is InChI=1S/C66H117N3O29/c1-5-7-9-11-13-15-17-18-20-21-23-25-27-29-41(76)40(69-48(80)30-28-26-24-22-19-16-14-12-10-8-6-2)37-91-61-55(85)54(84)57(47(36-73)93-61)94-62-56(86)60(52(82)45(34-71)92-62)98-66(64(89)90)32-43(78)50(68-39(4)75)59(97-66)53(83)46(35-72)95-65(63(87)88)31-42(77)49(67-38(3)74)58(96-65)51(81)44(79)33-70/h27,29,40-47,49-62,70-73,76-79,81-86H,5-26,28,30-37H2,1-4H3,(H,67,74)(H,68,75)(H,69,80)(H,87,88)(H,89,90). The van der Waals surface area contributed by atoms with E-state index >= 15 is 0 Å². The molecule has 0 aliphatic carbocycles. The lowest BCUT2D eigenvalue weighted by Gasteiger charge is -2.51. The van der Waals surface area contributed by atoms with Crippen molar-refractivity contribution in [1.82, 2.24) is 16.0 Å². The van der Waals surface area contributed by atoms with E-state index in [1.807, 2.05) is 6.08 Å². The molecule has 4 fully saturated rings. The van der Waals surface area contributed by atoms with Crippen molar-refractivity contribution >= 4 is 29.7 Å². The number of ether oxygens (including phenoxy) is 8. The molecule has 24 unspecified atom stereocenters. The molecule has 0 aromatic carbocycles. The second-order valence-corrected chi connectivity index (χ2v) is 26.5. The van der Waals surface area contributed by atoms with Crippen LogP contribution in [0, 0.1) is 0 Å². The summed E-state index contributed by atoms with van der Waals surface area (Å²) < 4.78 is 46.4. The van der Waals surface area contributed by atoms with Crippen LogP contribution in [0.4, 0.5) is 0 Å². The topological polar surface area (TPSA) is 519 Å². The number of carbonyl (C=O) groups is 5. The first-order valence-electron chi connectivity index (χ1n) is 35.2. The molecular weight excluding hydrogens is 1300 g/mol. The zero-order chi connectivity index (χ0) is 72.7. The average Bonchev–Trinajstić information content (AvgIpc) is 0.756. The molecule has 0 aromatic heterocycles. The van der Waals surface area contributed by atoms with Gasteiger partial charge in [-0.2, -0.15) is 0 Å². The lowest BCUT2D eigenvalue weighted by molar-refractivity contribution is -0.388. The monoisotopic (exact) mass is 1420 g/mol. The third-order valence-electron chi connectivity index (χ3n) is 18.5. The average molecular weight is 1420 g/mol. The maximum Gasteiger partial charge on any atom is 0.364 e. The summed E-state index contributed by atoms with van der Waals surface area (Å²) in [4.78, 5) is 64.8. The number of unbranched alkanes of at least 4 members (excludes halogenated alkanes) is 21. The van der Waals surface area contributed by atoms with Gasteiger partial charge in [-0.1, -0.05) is 154 Å². The molecule has 4 rings (SSSR count). The highest BCUT2D eigenvalue weighted by Gasteiger charge is 2.62. The van der Waals surface area contributed by atoms with Crippen LogP contribution in [-0.4, -0.2) is 290 Å². The van der Waals surface area contributed by atoms with Gasteiger partial charge in [0.1, 0.15) is 85.5 Å². The molecule has 32 nitrogen and oxygen atoms in total. The second kappa shape index (κ2) is 44.7. The third kappa shape index (κ3) is 26.2. The Morgan fingerprint density at radius 1 is 0.551 bits per heavy atom. The zero-order valence-electron chi connectivity index (χ0n) is 57.2. The number of nitrogens with one attached hydrogen (secondary N) is 3. The first-order valence-corrected chi connectivity index (χ1v) is 35.2. The van der Waals surface area contributed by atoms with Crippen molar-refractivity contribution in [3.8, 4) is 0 Å². The van der Waals surface area contributed by atoms with Crippen molar-refractivity contribution in [3.05, 3.63) is 12.2 Å². The summed E-state index contributed by atoms with van der Waals surface area (Å²) in [5.74, 6) is -13.1. The molecule has 19 N–H and O–H groups in total. The summed E-state index contributed by atoms with van der Waals surface area (Å²) in [6.45, 7) is 1.06. The van der Waals surface area contributed by atoms with Gasteiger partial charge in [0.05, 0.1) is 69.5 Å². The van der Waals surface area contributed by atoms with Gasteiger partial charge in [-0.3, -0.25) is 14.4 Å². The van der Waals surface area contributed by atoms with Crippen LogP contribution in [0.25, 0.3) is 0 Å². The summed E-state index contributed by atoms with van der Waals surface area (Å²) in [5, 5.41) is 185. The molecule has 4 aliphatic heterocycles. The molecule has 4 aliphatic rings. The van der Waals surface area contributed by atoms with Crippen LogP contribution >= 0.6 is 0 Å². The van der Waals surface area contributed by atoms with Gasteiger partial charge in [-0.25, -0.2) is 9.59 Å². The highest BCUT2D eigenvalue weighted by Crippen LogP contribution is 2.41. The number of aliphatic carboxylic acids is 2. The van der Waals surface area contributed by atoms with Crippen LogP contribution < -0.4 is 16.0 Å². The lowest BCUT2D eigenvalue weighted by atomic mass is 9.87. The first-order chi connectivity index (χ1) is 46.7. The molecule has 0 saturated carbocycles. The van der Waals surface area contributed by atoms with Crippen molar-refractivity contribution in [2.24, 2.45) is 0 Å². The number of amides is 3. The van der Waals surface area contributed by atoms with Gasteiger partial charge in [0.15, 0.2) is 12.6 Å². The Labute approximate surface area is 573 Å². The fourth-order valence-corrected chi connectivity index (χ4v) is 12.8. The Morgan fingerprint density at radius 3 is 1.50 bits per heavy atom. The van der Waals surface area contributed by atoms with E-state index < -0.39 is 216 Å². The molecule has 0 spiro atoms. The minimum atomic E-state index is -3.39. The van der Waals surface area contributed by atoms with Crippen molar-refractivity contribution < 1.29 is 144 Å². The summed E-state index contributed by atoms with van der Waals surface area (Å²) >= 11 is 0. The molecule has 0 radical (unpaired) electrons. The van der Waals surface area contributed by atoms with Crippen molar-refractivity contribution in [3.63, 3.8) is 0 Å². The van der Waals surface area contributed by atoms with Gasteiger partial charge in [0, 0.05) is 33.1 Å². The van der Waals surface area contributed by atoms with Crippen LogP contribution in [0.3, 0.4) is 0 Å². The highest BCUT2D eigenvalue weighted by atomic mass is 16.8. The van der Waals surface area contributed by atoms with E-state index in [9.17, 15) is 106 Å². The SMILES string of the molecule is CCCCCCCCCCCCCC=CC(O)C(COC1OC(CO)C(OC2OC(CO)C(O)C(OC3(C(=O)O)CC(O)C(NC(C)=O)C(C(O)C(CO)OC4(C(=O)O)CC(O)C(NC(C)=O)C(C(O)C(O)CO)O4)O3)C2O)C(O)C1O)NC(=O)CCCCCCCCCCCCC. The number of hydrogen-bond donors (Lipinski definition) is 19. The Bertz CT molecular complexity index is 2330. The van der Waals surface area contributed by atoms with Gasteiger partial charge < -0.3 is 136 Å². The van der Waals surface area contributed by atoms with Crippen LogP contribution in [-0.2, 0) is 61.9 Å². The van der Waals surface area contributed by atoms with Crippen molar-refractivity contribution in [2.45, 2.75) is 341 Å². The highest BCUT2D eigenvalue weighted by molar-refractivity contribution is 5.78. The first kappa shape index (κ1) is 86.6. The maximum atomic E-state index is 13.6. The summed E-state index contributed by atoms with van der Waals surface area (Å²) in [6, 6.07) is -4.72. The maximum absolute atomic E-state index is 13.6. The van der Waals surface area contributed by atoms with Gasteiger partial charge in [-0.05, 0) is 19.3 Å². The molecule has 32 heteroatoms. The quantitative estimate of drug-likeness (QED) is 0.0251. The van der Waals surface area contributed by atoms with E-state index in [-0.39, 0.29) is 12.3 Å². The number of aliphatic hydroxyl groups is 14. The molecule has 0 bridgehead atoms. The van der Waals surface area contributed by atoms with Crippen LogP contribution in [0.15, 0.2) is 12.2 Å². The molecule has 570 valence electrons. The van der Waals surface area contributed by atoms with E-state index in [0.29, 0.717) is 12.8 Å². The molecule has 3 amide bonds. The Kier molecular flexibility index (Phi) is 39.5. The fraction of sp³-hybridized carbons (Fsp3) is 0.894. The summed E-state index contributed by atoms with van der Waals surface area (Å²) in [7, 11) is 0. The summed E-state index contributed by atoms with van der Waals surface area (Å²) in [5.41, 5.74) is 0. The van der Waals surface area contributed by atoms with Crippen molar-refractivity contribution in [1.29, 1.82) is 0 Å². The third-order valence-corrected chi connectivity index (χ3v) is 18.5. The van der Waals surface area contributed by atoms with Crippen LogP contribution in [0.5, 0.6) is 0 Å². The number of allylic oxidation sites excluding steroid dienone is 1. The molecule has 98 heavy (non-hydrogen) atoms. The number of aliphatic hydroxyl groups excluding tert-OH is 14. The smallest absolute Gasteiger partial charge is 0.364 e. The van der Waals surface area contributed by atoms with Crippen molar-refractivity contribution in [2.75, 3.05) is 33.0 Å². The molecule has 4 heterocycles. The van der Waals surface area contributed by atoms with E-state index in [2.05, 4.69) is 29.8 Å². The van der Waals surface area contributed by atoms with E-state index in [1.165, 1.54) is 83.5 Å². The zero-order valence-corrected chi connectivity index (χ0v) is 57.2. The minimum Gasteiger partial charge on any atom is -0.477 e. The predicted molar refractivity (Wildman–Crippen MR) is 344 cm³/mol. The van der Waals surface area contributed by atoms with E-state index in [1.54, 1.807) is 6.08 Å². The minimum absolute atomic E-state index is 0.154. The van der Waals surface area contributed by atoms with E-state index in [0.717, 1.165) is 65.2 Å². The van der Waals surface area contributed by atoms with Gasteiger partial charge in [0.2, 0.25) is 17.7 Å². The number of rotatable bonds is 48. The molecule has 0 aromatic rings. The molecule has 24 atom stereocenters. The van der Waals surface area contributed by atoms with Gasteiger partial charge >= 0.3 is 11.9 Å². The second-order valence-electron chi connectivity index (χ2n) is 26.5. The number of carboxylic acids is 2. The lowest BCUT2D eigenvalue weighted by Crippen LogP contribution is -2.72. The largest absolute Gasteiger partial charge is 0.477 e. The predicted octanol–water partition coefficient (Wildman–Crippen LogP) is -1.22. The summed E-state index contributed by atoms with van der Waals surface area (Å²) in [6.07, 6.45) is -13.8. The molecular formula is C66H117N3O29. The Balaban J connectivity index is 1.53. The number of carbonyl (C=O) groups excluding carboxylic acids is 3. The number of hydrogen-bond acceptors (Lipinski definition) is 27.